The summed E-state index contributed by atoms with van der Waals surface area (Å²) in [5.41, 5.74) is 0.472. The minimum Gasteiger partial charge on any atom is -0.440 e. The van der Waals surface area contributed by atoms with Gasteiger partial charge in [0.15, 0.2) is 0 Å². The monoisotopic (exact) mass is 329 g/mol. The molecule has 1 atom stereocenters. The van der Waals surface area contributed by atoms with Crippen LogP contribution in [0.1, 0.15) is 18.7 Å². The average Bonchev–Trinajstić information content (AvgIpc) is 3.14. The van der Waals surface area contributed by atoms with Crippen LogP contribution in [0.2, 0.25) is 0 Å². The third-order valence-corrected chi connectivity index (χ3v) is 4.52. The second kappa shape index (κ2) is 5.86. The van der Waals surface area contributed by atoms with E-state index in [1.165, 1.54) is 0 Å². The molecule has 2 aliphatic rings. The van der Waals surface area contributed by atoms with Gasteiger partial charge in [0.2, 0.25) is 11.7 Å². The van der Waals surface area contributed by atoms with Gasteiger partial charge in [-0.25, -0.2) is 4.79 Å². The fourth-order valence-corrected chi connectivity index (χ4v) is 3.46. The first-order valence-electron chi connectivity index (χ1n) is 8.03. The number of hydrogen-bond donors (Lipinski definition) is 0. The van der Waals surface area contributed by atoms with E-state index in [4.69, 9.17) is 9.26 Å². The SMILES string of the molecule is CN1C[C@@]2(CCCN(Cc3nc(-c4ccncc4)no3)C2)OC1=O. The van der Waals surface area contributed by atoms with E-state index in [2.05, 4.69) is 20.0 Å². The number of piperidine rings is 1. The first-order chi connectivity index (χ1) is 11.6. The van der Waals surface area contributed by atoms with Crippen LogP contribution < -0.4 is 0 Å². The Morgan fingerprint density at radius 1 is 1.29 bits per heavy atom. The van der Waals surface area contributed by atoms with Crippen molar-refractivity contribution in [1.29, 1.82) is 0 Å². The van der Waals surface area contributed by atoms with Crippen LogP contribution in [-0.4, -0.2) is 63.3 Å². The van der Waals surface area contributed by atoms with E-state index in [-0.39, 0.29) is 6.09 Å². The Kier molecular flexibility index (Phi) is 3.68. The van der Waals surface area contributed by atoms with Gasteiger partial charge in [-0.3, -0.25) is 9.88 Å². The van der Waals surface area contributed by atoms with Gasteiger partial charge in [0, 0.05) is 31.5 Å². The summed E-state index contributed by atoms with van der Waals surface area (Å²) in [6.45, 7) is 2.81. The number of likely N-dealkylation sites (tertiary alicyclic amines) is 1. The van der Waals surface area contributed by atoms with E-state index in [0.717, 1.165) is 24.9 Å². The maximum atomic E-state index is 11.7. The molecule has 1 amide bonds. The number of amides is 1. The smallest absolute Gasteiger partial charge is 0.410 e. The van der Waals surface area contributed by atoms with Gasteiger partial charge in [0.25, 0.3) is 0 Å². The van der Waals surface area contributed by atoms with Crippen molar-refractivity contribution < 1.29 is 14.1 Å². The van der Waals surface area contributed by atoms with Crippen molar-refractivity contribution in [3.05, 3.63) is 30.4 Å². The molecule has 8 nitrogen and oxygen atoms in total. The minimum atomic E-state index is -0.405. The fraction of sp³-hybridized carbons (Fsp3) is 0.500. The van der Waals surface area contributed by atoms with E-state index in [1.54, 1.807) is 24.3 Å². The Morgan fingerprint density at radius 2 is 2.12 bits per heavy atom. The average molecular weight is 329 g/mol. The lowest BCUT2D eigenvalue weighted by Crippen LogP contribution is -2.50. The quantitative estimate of drug-likeness (QED) is 0.844. The van der Waals surface area contributed by atoms with Crippen molar-refractivity contribution in [2.75, 3.05) is 26.7 Å². The maximum Gasteiger partial charge on any atom is 0.410 e. The standard InChI is InChI=1S/C16H19N5O3/c1-20-10-16(23-15(20)22)5-2-8-21(11-16)9-13-18-14(19-24-13)12-3-6-17-7-4-12/h3-4,6-7H,2,5,8-11H2,1H3/t16-/m1/s1. The zero-order valence-corrected chi connectivity index (χ0v) is 13.5. The number of nitrogens with zero attached hydrogens (tertiary/aromatic N) is 5. The molecule has 0 saturated carbocycles. The number of carbonyl (C=O) groups is 1. The van der Waals surface area contributed by atoms with Crippen molar-refractivity contribution in [2.24, 2.45) is 0 Å². The van der Waals surface area contributed by atoms with Gasteiger partial charge in [-0.05, 0) is 31.5 Å². The van der Waals surface area contributed by atoms with Crippen LogP contribution in [0.25, 0.3) is 11.4 Å². The normalized spacial score (nSPS) is 24.5. The van der Waals surface area contributed by atoms with Gasteiger partial charge in [-0.2, -0.15) is 4.98 Å². The van der Waals surface area contributed by atoms with Gasteiger partial charge >= 0.3 is 6.09 Å². The summed E-state index contributed by atoms with van der Waals surface area (Å²) in [4.78, 5) is 24.0. The van der Waals surface area contributed by atoms with Crippen molar-refractivity contribution in [1.82, 2.24) is 24.9 Å². The van der Waals surface area contributed by atoms with Crippen LogP contribution in [0, 0.1) is 0 Å². The zero-order chi connectivity index (χ0) is 16.6. The Bertz CT molecular complexity index is 734. The first-order valence-corrected chi connectivity index (χ1v) is 8.03. The summed E-state index contributed by atoms with van der Waals surface area (Å²) < 4.78 is 11.0. The summed E-state index contributed by atoms with van der Waals surface area (Å²) in [5.74, 6) is 1.13. The number of ether oxygens (including phenoxy) is 1. The number of hydrogen-bond acceptors (Lipinski definition) is 7. The highest BCUT2D eigenvalue weighted by atomic mass is 16.6. The summed E-state index contributed by atoms with van der Waals surface area (Å²) >= 11 is 0. The second-order valence-electron chi connectivity index (χ2n) is 6.47. The third-order valence-electron chi connectivity index (χ3n) is 4.52. The Hall–Kier alpha value is -2.48. The molecule has 0 aromatic carbocycles. The lowest BCUT2D eigenvalue weighted by Gasteiger charge is -2.37. The van der Waals surface area contributed by atoms with Crippen molar-refractivity contribution in [3.63, 3.8) is 0 Å². The Labute approximate surface area is 139 Å². The maximum absolute atomic E-state index is 11.7. The fourth-order valence-electron chi connectivity index (χ4n) is 3.46. The first kappa shape index (κ1) is 15.1. The molecular weight excluding hydrogens is 310 g/mol. The minimum absolute atomic E-state index is 0.241. The van der Waals surface area contributed by atoms with E-state index >= 15 is 0 Å². The van der Waals surface area contributed by atoms with Gasteiger partial charge in [0.05, 0.1) is 13.1 Å². The predicted molar refractivity (Wildman–Crippen MR) is 83.9 cm³/mol. The highest BCUT2D eigenvalue weighted by molar-refractivity contribution is 5.70. The predicted octanol–water partition coefficient (Wildman–Crippen LogP) is 1.55. The molecule has 126 valence electrons. The molecular formula is C16H19N5O3. The van der Waals surface area contributed by atoms with Crippen molar-refractivity contribution >= 4 is 6.09 Å². The van der Waals surface area contributed by atoms with Crippen LogP contribution in [0.4, 0.5) is 4.79 Å². The molecule has 2 fully saturated rings. The van der Waals surface area contributed by atoms with E-state index in [1.807, 2.05) is 12.1 Å². The lowest BCUT2D eigenvalue weighted by molar-refractivity contribution is -0.0139. The molecule has 0 aliphatic carbocycles. The Morgan fingerprint density at radius 3 is 2.88 bits per heavy atom. The summed E-state index contributed by atoms with van der Waals surface area (Å²) in [5, 5.41) is 4.03. The molecule has 24 heavy (non-hydrogen) atoms. The molecule has 4 heterocycles. The summed E-state index contributed by atoms with van der Waals surface area (Å²) in [6, 6.07) is 3.69. The number of aromatic nitrogens is 3. The molecule has 8 heteroatoms. The molecule has 1 spiro atoms. The van der Waals surface area contributed by atoms with Crippen molar-refractivity contribution in [3.8, 4) is 11.4 Å². The Balaban J connectivity index is 1.44. The molecule has 4 rings (SSSR count). The highest BCUT2D eigenvalue weighted by Gasteiger charge is 2.46. The molecule has 0 N–H and O–H groups in total. The van der Waals surface area contributed by atoms with Gasteiger partial charge in [-0.15, -0.1) is 0 Å². The van der Waals surface area contributed by atoms with E-state index < -0.39 is 5.60 Å². The number of likely N-dealkylation sites (N-methyl/N-ethyl adjacent to an activating group) is 1. The van der Waals surface area contributed by atoms with Crippen LogP contribution in [-0.2, 0) is 11.3 Å². The van der Waals surface area contributed by atoms with Gasteiger partial charge in [0.1, 0.15) is 5.60 Å². The number of rotatable bonds is 3. The van der Waals surface area contributed by atoms with E-state index in [0.29, 0.717) is 31.3 Å². The van der Waals surface area contributed by atoms with Gasteiger partial charge < -0.3 is 14.2 Å². The van der Waals surface area contributed by atoms with Crippen LogP contribution in [0.15, 0.2) is 29.0 Å². The molecule has 0 unspecified atom stereocenters. The topological polar surface area (TPSA) is 84.6 Å². The van der Waals surface area contributed by atoms with Gasteiger partial charge in [-0.1, -0.05) is 5.16 Å². The van der Waals surface area contributed by atoms with Crippen LogP contribution >= 0.6 is 0 Å². The van der Waals surface area contributed by atoms with Crippen LogP contribution in [0.3, 0.4) is 0 Å². The summed E-state index contributed by atoms with van der Waals surface area (Å²) in [7, 11) is 1.77. The van der Waals surface area contributed by atoms with Crippen molar-refractivity contribution in [2.45, 2.75) is 25.0 Å². The highest BCUT2D eigenvalue weighted by Crippen LogP contribution is 2.31. The summed E-state index contributed by atoms with van der Waals surface area (Å²) in [6.07, 6.45) is 5.03. The molecule has 2 aromatic rings. The lowest BCUT2D eigenvalue weighted by atomic mass is 9.93. The molecule has 2 saturated heterocycles. The molecule has 0 radical (unpaired) electrons. The molecule has 2 aliphatic heterocycles. The van der Waals surface area contributed by atoms with E-state index in [9.17, 15) is 4.79 Å². The molecule has 0 bridgehead atoms. The number of carbonyl (C=O) groups excluding carboxylic acids is 1. The number of pyridine rings is 1. The zero-order valence-electron chi connectivity index (χ0n) is 13.5. The molecule has 2 aromatic heterocycles. The third kappa shape index (κ3) is 2.84. The second-order valence-corrected chi connectivity index (χ2v) is 6.47. The van der Waals surface area contributed by atoms with Crippen LogP contribution in [0.5, 0.6) is 0 Å². The largest absolute Gasteiger partial charge is 0.440 e.